The largest absolute Gasteiger partial charge is 0.494 e. The molecule has 4 rings (SSSR count). The van der Waals surface area contributed by atoms with Crippen LogP contribution in [0.15, 0.2) is 78.9 Å². The van der Waals surface area contributed by atoms with E-state index >= 15 is 0 Å². The van der Waals surface area contributed by atoms with E-state index < -0.39 is 24.3 Å². The van der Waals surface area contributed by atoms with Crippen LogP contribution in [0.5, 0.6) is 5.75 Å². The van der Waals surface area contributed by atoms with E-state index in [1.54, 1.807) is 12.1 Å². The summed E-state index contributed by atoms with van der Waals surface area (Å²) < 4.78 is 24.0. The molecule has 1 aliphatic heterocycles. The maximum Gasteiger partial charge on any atom is 0.494 e. The van der Waals surface area contributed by atoms with Crippen molar-refractivity contribution in [1.82, 2.24) is 0 Å². The number of carbonyl (C=O) groups excluding carboxylic acids is 1. The van der Waals surface area contributed by atoms with Crippen LogP contribution in [0.25, 0.3) is 0 Å². The summed E-state index contributed by atoms with van der Waals surface area (Å²) in [6, 6.07) is 24.8. The lowest BCUT2D eigenvalue weighted by atomic mass is 9.78. The van der Waals surface area contributed by atoms with Crippen molar-refractivity contribution in [3.05, 3.63) is 95.6 Å². The van der Waals surface area contributed by atoms with Crippen LogP contribution in [0, 0.1) is 0 Å². The molecular weight excluding hydrogens is 415 g/mol. The van der Waals surface area contributed by atoms with E-state index in [0.717, 1.165) is 16.6 Å². The van der Waals surface area contributed by atoms with Crippen molar-refractivity contribution in [3.63, 3.8) is 0 Å². The molecule has 0 saturated carbocycles. The average Bonchev–Trinajstić information content (AvgIpc) is 3.04. The maximum absolute atomic E-state index is 13.1. The highest BCUT2D eigenvalue weighted by molar-refractivity contribution is 6.62. The fraction of sp³-hybridized carbons (Fsp3) is 0.296. The Hall–Kier alpha value is -3.09. The quantitative estimate of drug-likeness (QED) is 0.383. The van der Waals surface area contributed by atoms with E-state index in [1.165, 1.54) is 0 Å². The molecule has 1 fully saturated rings. The van der Waals surface area contributed by atoms with Gasteiger partial charge < -0.3 is 18.8 Å². The van der Waals surface area contributed by atoms with Crippen LogP contribution in [0.4, 0.5) is 0 Å². The molecule has 0 radical (unpaired) electrons. The first-order chi connectivity index (χ1) is 15.7. The van der Waals surface area contributed by atoms with Gasteiger partial charge in [-0.05, 0) is 56.4 Å². The van der Waals surface area contributed by atoms with Crippen LogP contribution in [-0.4, -0.2) is 24.3 Å². The van der Waals surface area contributed by atoms with Crippen LogP contribution in [0.2, 0.25) is 0 Å². The van der Waals surface area contributed by atoms with Crippen LogP contribution in [-0.2, 0) is 27.3 Å². The predicted molar refractivity (Wildman–Crippen MR) is 128 cm³/mol. The third-order valence-electron chi connectivity index (χ3n) is 6.20. The molecular formula is C27H29BO5. The lowest BCUT2D eigenvalue weighted by molar-refractivity contribution is 0.00578. The number of rotatable bonds is 7. The standard InChI is InChI=1S/C27H29BO5/c1-26(2)27(3,4)33-28(32-26)22-15-16-24(30-18-20-11-7-5-8-12-20)23(17-22)25(29)31-19-21-13-9-6-10-14-21/h5-17H,18-19H2,1-4H3. The molecule has 33 heavy (non-hydrogen) atoms. The number of ether oxygens (including phenoxy) is 2. The van der Waals surface area contributed by atoms with Crippen molar-refractivity contribution >= 4 is 18.6 Å². The van der Waals surface area contributed by atoms with Gasteiger partial charge in [-0.25, -0.2) is 4.79 Å². The van der Waals surface area contributed by atoms with Crippen LogP contribution in [0.1, 0.15) is 49.2 Å². The molecule has 0 N–H and O–H groups in total. The Balaban J connectivity index is 1.58. The van der Waals surface area contributed by atoms with Crippen molar-refractivity contribution in [1.29, 1.82) is 0 Å². The number of benzene rings is 3. The summed E-state index contributed by atoms with van der Waals surface area (Å²) in [4.78, 5) is 13.1. The summed E-state index contributed by atoms with van der Waals surface area (Å²) in [7, 11) is -0.584. The fourth-order valence-corrected chi connectivity index (χ4v) is 3.49. The second-order valence-electron chi connectivity index (χ2n) is 9.18. The zero-order chi connectivity index (χ0) is 23.5. The lowest BCUT2D eigenvalue weighted by Crippen LogP contribution is -2.41. The Bertz CT molecular complexity index is 1080. The van der Waals surface area contributed by atoms with Gasteiger partial charge >= 0.3 is 13.1 Å². The molecule has 3 aromatic rings. The molecule has 0 atom stereocenters. The van der Waals surface area contributed by atoms with Gasteiger partial charge in [-0.2, -0.15) is 0 Å². The molecule has 5 nitrogen and oxygen atoms in total. The highest BCUT2D eigenvalue weighted by atomic mass is 16.7. The van der Waals surface area contributed by atoms with Crippen molar-refractivity contribution in [3.8, 4) is 5.75 Å². The number of carbonyl (C=O) groups is 1. The Kier molecular flexibility index (Phi) is 6.59. The molecule has 6 heteroatoms. The first-order valence-electron chi connectivity index (χ1n) is 11.1. The van der Waals surface area contributed by atoms with E-state index in [1.807, 2.05) is 94.4 Å². The summed E-state index contributed by atoms with van der Waals surface area (Å²) in [5.41, 5.74) is 2.06. The minimum Gasteiger partial charge on any atom is -0.488 e. The third-order valence-corrected chi connectivity index (χ3v) is 6.20. The SMILES string of the molecule is CC1(C)OB(c2ccc(OCc3ccccc3)c(C(=O)OCc3ccccc3)c2)OC1(C)C. The Morgan fingerprint density at radius 3 is 1.91 bits per heavy atom. The number of hydrogen-bond acceptors (Lipinski definition) is 5. The minimum absolute atomic E-state index is 0.179. The van der Waals surface area contributed by atoms with Gasteiger partial charge in [-0.3, -0.25) is 0 Å². The molecule has 0 unspecified atom stereocenters. The Morgan fingerprint density at radius 2 is 1.33 bits per heavy atom. The van der Waals surface area contributed by atoms with Gasteiger partial charge in [0, 0.05) is 0 Å². The first kappa shape index (κ1) is 23.1. The van der Waals surface area contributed by atoms with Gasteiger partial charge in [0.05, 0.1) is 11.2 Å². The lowest BCUT2D eigenvalue weighted by Gasteiger charge is -2.32. The van der Waals surface area contributed by atoms with Crippen molar-refractivity contribution in [2.75, 3.05) is 0 Å². The molecule has 170 valence electrons. The average molecular weight is 444 g/mol. The topological polar surface area (TPSA) is 54.0 Å². The second kappa shape index (κ2) is 9.42. The molecule has 1 saturated heterocycles. The van der Waals surface area contributed by atoms with Gasteiger partial charge in [0.25, 0.3) is 0 Å². The minimum atomic E-state index is -0.584. The maximum atomic E-state index is 13.1. The monoisotopic (exact) mass is 444 g/mol. The Labute approximate surface area is 195 Å². The molecule has 1 heterocycles. The summed E-state index contributed by atoms with van der Waals surface area (Å²) in [5.74, 6) is -0.00235. The third kappa shape index (κ3) is 5.29. The van der Waals surface area contributed by atoms with Gasteiger partial charge in [0.1, 0.15) is 24.5 Å². The molecule has 0 amide bonds. The zero-order valence-corrected chi connectivity index (χ0v) is 19.5. The highest BCUT2D eigenvalue weighted by Crippen LogP contribution is 2.36. The summed E-state index contributed by atoms with van der Waals surface area (Å²) in [6.07, 6.45) is 0. The van der Waals surface area contributed by atoms with Crippen molar-refractivity contribution in [2.24, 2.45) is 0 Å². The molecule has 0 aromatic heterocycles. The second-order valence-corrected chi connectivity index (χ2v) is 9.18. The number of esters is 1. The van der Waals surface area contributed by atoms with E-state index in [-0.39, 0.29) is 6.61 Å². The van der Waals surface area contributed by atoms with E-state index in [9.17, 15) is 4.79 Å². The van der Waals surface area contributed by atoms with Gasteiger partial charge in [0.2, 0.25) is 0 Å². The summed E-state index contributed by atoms with van der Waals surface area (Å²) in [5, 5.41) is 0. The van der Waals surface area contributed by atoms with E-state index in [4.69, 9.17) is 18.8 Å². The molecule has 1 aliphatic rings. The highest BCUT2D eigenvalue weighted by Gasteiger charge is 2.51. The zero-order valence-electron chi connectivity index (χ0n) is 19.5. The van der Waals surface area contributed by atoms with Crippen LogP contribution in [0.3, 0.4) is 0 Å². The first-order valence-corrected chi connectivity index (χ1v) is 11.1. The van der Waals surface area contributed by atoms with E-state index in [0.29, 0.717) is 17.9 Å². The normalized spacial score (nSPS) is 16.4. The van der Waals surface area contributed by atoms with E-state index in [2.05, 4.69) is 0 Å². The van der Waals surface area contributed by atoms with Crippen molar-refractivity contribution in [2.45, 2.75) is 52.1 Å². The van der Waals surface area contributed by atoms with Gasteiger partial charge in [-0.1, -0.05) is 66.7 Å². The molecule has 0 spiro atoms. The predicted octanol–water partition coefficient (Wildman–Crippen LogP) is 4.92. The Morgan fingerprint density at radius 1 is 0.788 bits per heavy atom. The summed E-state index contributed by atoms with van der Waals surface area (Å²) in [6.45, 7) is 8.52. The van der Waals surface area contributed by atoms with Crippen LogP contribution < -0.4 is 10.2 Å². The fourth-order valence-electron chi connectivity index (χ4n) is 3.49. The molecule has 3 aromatic carbocycles. The number of hydrogen-bond donors (Lipinski definition) is 0. The molecule has 0 aliphatic carbocycles. The van der Waals surface area contributed by atoms with Gasteiger partial charge in [0.15, 0.2) is 0 Å². The van der Waals surface area contributed by atoms with Crippen LogP contribution >= 0.6 is 0 Å². The van der Waals surface area contributed by atoms with Gasteiger partial charge in [-0.15, -0.1) is 0 Å². The summed E-state index contributed by atoms with van der Waals surface area (Å²) >= 11 is 0. The van der Waals surface area contributed by atoms with Crippen molar-refractivity contribution < 1.29 is 23.6 Å². The smallest absolute Gasteiger partial charge is 0.488 e. The molecule has 0 bridgehead atoms.